The van der Waals surface area contributed by atoms with E-state index in [9.17, 15) is 69.2 Å². The van der Waals surface area contributed by atoms with Gasteiger partial charge in [-0.15, -0.1) is 25.6 Å². The van der Waals surface area contributed by atoms with E-state index < -0.39 is 137 Å². The van der Waals surface area contributed by atoms with Gasteiger partial charge in [-0.3, -0.25) is 48.0 Å². The third-order valence-electron chi connectivity index (χ3n) is 17.1. The Labute approximate surface area is 560 Å². The highest BCUT2D eigenvalue weighted by atomic mass is 35.5. The highest BCUT2D eigenvalue weighted by molar-refractivity contribution is 7.91. The first-order valence-corrected chi connectivity index (χ1v) is 33.4. The van der Waals surface area contributed by atoms with Gasteiger partial charge in [-0.05, 0) is 111 Å². The minimum absolute atomic E-state index is 0. The van der Waals surface area contributed by atoms with E-state index in [4.69, 9.17) is 19.8 Å². The van der Waals surface area contributed by atoms with Crippen LogP contribution < -0.4 is 36.4 Å². The van der Waals surface area contributed by atoms with Crippen molar-refractivity contribution < 1.29 is 89.0 Å². The lowest BCUT2D eigenvalue weighted by atomic mass is 10.0. The number of carboxylic acids is 1. The lowest BCUT2D eigenvalue weighted by molar-refractivity contribution is -0.144. The van der Waals surface area contributed by atoms with Crippen molar-refractivity contribution in [3.63, 3.8) is 0 Å². The van der Waals surface area contributed by atoms with Gasteiger partial charge in [-0.2, -0.15) is 11.0 Å². The lowest BCUT2D eigenvalue weighted by Gasteiger charge is -2.30. The van der Waals surface area contributed by atoms with Crippen LogP contribution in [0.15, 0.2) is 109 Å². The normalized spacial score (nSPS) is 24.6. The van der Waals surface area contributed by atoms with Gasteiger partial charge in [0.05, 0.1) is 43.1 Å². The average Bonchev–Trinajstić information content (AvgIpc) is 1.58. The summed E-state index contributed by atoms with van der Waals surface area (Å²) in [6, 6.07) is 5.31. The number of aliphatic carboxylic acids is 1. The quantitative estimate of drug-likeness (QED) is 0.0391. The molecular formula is C64H78ClF2N10O17S2+. The van der Waals surface area contributed by atoms with E-state index >= 15 is 0 Å². The Kier molecular flexibility index (Phi) is 25.8. The van der Waals surface area contributed by atoms with Crippen molar-refractivity contribution in [3.05, 3.63) is 150 Å². The van der Waals surface area contributed by atoms with Crippen molar-refractivity contribution in [2.24, 2.45) is 23.7 Å². The number of halogens is 3. The molecule has 2 saturated heterocycles. The Bertz CT molecular complexity index is 3810. The number of hydroxylamine groups is 2. The molecule has 6 fully saturated rings. The Hall–Kier alpha value is -8.58. The number of likely N-dealkylation sites (tertiary alicyclic amines) is 1. The molecule has 4 saturated carbocycles. The number of rotatable bonds is 20. The molecule has 518 valence electrons. The third-order valence-corrected chi connectivity index (χ3v) is 20.7. The standard InChI is InChI=1S/C28H36FN5O8S.C23H27FN4O6S.C8H4.C5H9NO3.ClH/c1-4-17-11-28(17,26(37)32-43(40,41)19-8-9-19)30-24(35)22-10-18(13-34(22)25(36)23(31-39)15(2)3)42-27(38)33-12-16-6-5-7-21(29)20(16)14-33;1-2-14-9-23(14,21(30)27-35(32,33)16-6-7-16)26-20(29)19-8-15(10-25-19)34-22(31)28-11-13-4-3-5-18(24)17(13)12-28;1-3-5-7-8-6-4-2;1-3(2)4(6-9)5(7)8;/h4-7,15,17-19,22-23,31,39H,1,8-14H2,2-3H3,(H,30,35)(H,32,37);2-5,14-16,19,25H,1,6-12H2,(H,26,29)(H,27,30);1-2H2;3-4,6,9H,1H2,2H3;1H/p+1/t17-,18-,22+,23+,28-;14-,15-,19+,23-;;3?,4-;/m11.0./s1. The molecule has 32 heteroatoms. The molecule has 27 nitrogen and oxygen atoms in total. The molecule has 10 N–H and O–H groups in total. The Morgan fingerprint density at radius 1 is 0.688 bits per heavy atom. The second kappa shape index (κ2) is 32.4. The monoisotopic (exact) mass is 1400 g/mol. The summed E-state index contributed by atoms with van der Waals surface area (Å²) < 4.78 is 92.9. The maximum atomic E-state index is 14.2. The summed E-state index contributed by atoms with van der Waals surface area (Å²) in [5.41, 5.74) is 17.4. The molecule has 2 aromatic carbocycles. The number of nitrogens with one attached hydrogen (secondary N) is 7. The van der Waals surface area contributed by atoms with Gasteiger partial charge in [0.25, 0.3) is 11.8 Å². The molecule has 4 aliphatic heterocycles. The number of benzene rings is 2. The van der Waals surface area contributed by atoms with Crippen LogP contribution in [-0.2, 0) is 84.5 Å². The molecule has 0 aromatic heterocycles. The molecule has 0 bridgehead atoms. The summed E-state index contributed by atoms with van der Waals surface area (Å²) >= 11 is 0. The number of nitrogens with zero attached hydrogens (tertiary/aromatic N) is 3. The number of hydrogen-bond donors (Lipinski definition) is 10. The maximum Gasteiger partial charge on any atom is 0.410 e. The fraction of sp³-hybridized carbons (Fsp3) is 0.484. The number of amides is 7. The molecule has 2 aromatic rings. The fourth-order valence-corrected chi connectivity index (χ4v) is 13.8. The number of ether oxygens (including phenoxy) is 2. The van der Waals surface area contributed by atoms with E-state index in [0.717, 1.165) is 5.56 Å². The number of carboxylic acid groups (broad SMARTS) is 1. The summed E-state index contributed by atoms with van der Waals surface area (Å²) in [5, 5.41) is 33.3. The third kappa shape index (κ3) is 18.5. The van der Waals surface area contributed by atoms with Gasteiger partial charge in [-0.25, -0.2) is 35.2 Å². The summed E-state index contributed by atoms with van der Waals surface area (Å²) in [7, 11) is -7.64. The van der Waals surface area contributed by atoms with E-state index in [1.54, 1.807) is 50.5 Å². The van der Waals surface area contributed by atoms with E-state index in [1.165, 1.54) is 39.0 Å². The number of sulfonamides is 2. The second-order valence-electron chi connectivity index (χ2n) is 24.4. The van der Waals surface area contributed by atoms with Crippen LogP contribution >= 0.6 is 12.4 Å². The van der Waals surface area contributed by atoms with E-state index in [1.807, 2.05) is 5.48 Å². The van der Waals surface area contributed by atoms with Crippen LogP contribution in [0.5, 0.6) is 0 Å². The highest BCUT2D eigenvalue weighted by Crippen LogP contribution is 2.47. The summed E-state index contributed by atoms with van der Waals surface area (Å²) in [4.78, 5) is 106. The van der Waals surface area contributed by atoms with Crippen molar-refractivity contribution in [1.82, 2.24) is 51.1 Å². The molecule has 11 atom stereocenters. The van der Waals surface area contributed by atoms with Crippen LogP contribution in [0, 0.1) is 42.2 Å². The lowest BCUT2D eigenvalue weighted by Crippen LogP contribution is -2.58. The molecule has 8 aliphatic rings. The molecule has 10 rings (SSSR count). The zero-order valence-corrected chi connectivity index (χ0v) is 55.3. The second-order valence-corrected chi connectivity index (χ2v) is 28.3. The van der Waals surface area contributed by atoms with Crippen LogP contribution in [0.3, 0.4) is 0 Å². The largest absolute Gasteiger partial charge is 0.480 e. The Morgan fingerprint density at radius 3 is 1.50 bits per heavy atom. The zero-order valence-electron chi connectivity index (χ0n) is 52.9. The average molecular weight is 1400 g/mol. The Balaban J connectivity index is 0.000000245. The molecule has 1 unspecified atom stereocenters. The molecule has 4 aliphatic carbocycles. The summed E-state index contributed by atoms with van der Waals surface area (Å²) in [6.07, 6.45) is 2.47. The van der Waals surface area contributed by atoms with Crippen molar-refractivity contribution in [1.29, 1.82) is 0 Å². The molecule has 7 amide bonds. The van der Waals surface area contributed by atoms with Crippen molar-refractivity contribution >= 4 is 80.1 Å². The molecule has 0 spiro atoms. The molecule has 96 heavy (non-hydrogen) atoms. The maximum absolute atomic E-state index is 14.2. The fourth-order valence-electron chi connectivity index (χ4n) is 11.1. The minimum atomic E-state index is -3.89. The van der Waals surface area contributed by atoms with Crippen molar-refractivity contribution in [2.75, 3.05) is 13.1 Å². The number of carbonyl (C=O) groups excluding carboxylic acids is 7. The first-order valence-electron chi connectivity index (χ1n) is 30.3. The van der Waals surface area contributed by atoms with E-state index in [2.05, 4.69) is 93.0 Å². The van der Waals surface area contributed by atoms with Gasteiger partial charge in [0, 0.05) is 55.4 Å². The van der Waals surface area contributed by atoms with Gasteiger partial charge in [0.2, 0.25) is 37.8 Å². The molecular weight excluding hydrogens is 1320 g/mol. The number of fused-ring (bicyclic) bond motifs is 2. The highest BCUT2D eigenvalue weighted by Gasteiger charge is 2.63. The predicted octanol–water partition coefficient (Wildman–Crippen LogP) is 3.64. The van der Waals surface area contributed by atoms with Crippen LogP contribution in [0.2, 0.25) is 0 Å². The van der Waals surface area contributed by atoms with Gasteiger partial charge in [0.1, 0.15) is 52.9 Å². The van der Waals surface area contributed by atoms with Crippen molar-refractivity contribution in [3.8, 4) is 0 Å². The van der Waals surface area contributed by atoms with Crippen LogP contribution in [0.1, 0.15) is 94.4 Å². The first-order chi connectivity index (χ1) is 44.9. The van der Waals surface area contributed by atoms with Gasteiger partial charge >= 0.3 is 18.2 Å². The molecule has 0 radical (unpaired) electrons. The Morgan fingerprint density at radius 2 is 1.14 bits per heavy atom. The van der Waals surface area contributed by atoms with Gasteiger partial charge in [-0.1, -0.05) is 61.7 Å². The van der Waals surface area contributed by atoms with E-state index in [0.29, 0.717) is 42.4 Å². The smallest absolute Gasteiger partial charge is 0.410 e. The van der Waals surface area contributed by atoms with Crippen LogP contribution in [0.4, 0.5) is 18.4 Å². The van der Waals surface area contributed by atoms with Crippen molar-refractivity contribution in [2.45, 2.75) is 156 Å². The number of hydrogen-bond acceptors (Lipinski definition) is 19. The van der Waals surface area contributed by atoms with Gasteiger partial charge in [0.15, 0.2) is 6.04 Å². The topological polar surface area (TPSA) is 378 Å². The number of carbonyl (C=O) groups is 8. The first kappa shape index (κ1) is 76.4. The summed E-state index contributed by atoms with van der Waals surface area (Å²) in [5.74, 6) is -7.04. The predicted molar refractivity (Wildman–Crippen MR) is 341 cm³/mol. The minimum Gasteiger partial charge on any atom is -0.480 e. The SMILES string of the molecule is C=C=C=C=C=C=C=C.C=C[C@@H]1C[C@]1(NC(=O)[C@@H]1C[C@@H](OC(=O)N2Cc3cccc(F)c3C2)CN1)C(=O)NS(=O)(=O)C1CC1.C=C[C@@H]1C[C@]1(NC(=O)[C@@H]1C[C@@H](OC(=O)N2Cc3cccc(F)c3C2)CN1C(=O)[C@@H](NO)C(C)C)C(=O)NS(=O)(=O)C1CC1.Cl.[CH2+]C(C)[C@H](NO)C(=O)O. The molecule has 4 heterocycles. The van der Waals surface area contributed by atoms with Gasteiger partial charge < -0.3 is 45.8 Å². The van der Waals surface area contributed by atoms with Crippen LogP contribution in [0.25, 0.3) is 0 Å². The van der Waals surface area contributed by atoms with Crippen LogP contribution in [-0.4, -0.2) is 166 Å². The zero-order chi connectivity index (χ0) is 69.9. The summed E-state index contributed by atoms with van der Waals surface area (Å²) in [6.45, 7) is 22.8. The van der Waals surface area contributed by atoms with E-state index in [-0.39, 0.29) is 101 Å².